The van der Waals surface area contributed by atoms with Crippen molar-refractivity contribution in [3.05, 3.63) is 41.2 Å². The summed E-state index contributed by atoms with van der Waals surface area (Å²) in [4.78, 5) is 16.7. The summed E-state index contributed by atoms with van der Waals surface area (Å²) in [6.45, 7) is 7.39. The van der Waals surface area contributed by atoms with Crippen LogP contribution in [0.5, 0.6) is 0 Å². The minimum absolute atomic E-state index is 0.0304. The highest BCUT2D eigenvalue weighted by Gasteiger charge is 2.13. The number of rotatable bonds is 7. The predicted octanol–water partition coefficient (Wildman–Crippen LogP) is 3.19. The van der Waals surface area contributed by atoms with Crippen LogP contribution >= 0.6 is 11.8 Å². The zero-order valence-electron chi connectivity index (χ0n) is 14.0. The zero-order chi connectivity index (χ0) is 16.8. The van der Waals surface area contributed by atoms with E-state index < -0.39 is 0 Å². The number of hydrogen-bond donors (Lipinski definition) is 1. The summed E-state index contributed by atoms with van der Waals surface area (Å²) >= 11 is 1.45. The van der Waals surface area contributed by atoms with Gasteiger partial charge in [-0.1, -0.05) is 23.9 Å². The Morgan fingerprint density at radius 1 is 1.35 bits per heavy atom. The summed E-state index contributed by atoms with van der Waals surface area (Å²) < 4.78 is 7.24. The molecule has 124 valence electrons. The van der Waals surface area contributed by atoms with Crippen molar-refractivity contribution in [2.24, 2.45) is 0 Å². The molecule has 1 N–H and O–H groups in total. The van der Waals surface area contributed by atoms with Crippen molar-refractivity contribution in [1.29, 1.82) is 0 Å². The van der Waals surface area contributed by atoms with Gasteiger partial charge in [-0.05, 0) is 38.5 Å². The molecule has 2 aromatic rings. The number of nitrogens with zero attached hydrogens (tertiary/aromatic N) is 2. The van der Waals surface area contributed by atoms with Crippen molar-refractivity contribution >= 4 is 23.4 Å². The van der Waals surface area contributed by atoms with Gasteiger partial charge in [-0.25, -0.2) is 4.98 Å². The van der Waals surface area contributed by atoms with Gasteiger partial charge in [0.05, 0.1) is 18.1 Å². The Balaban J connectivity index is 1.97. The standard InChI is InChI=1S/C17H23N3O2S/c1-12-6-5-7-15(10-12)19-16(21)11-23-17-18-13(2)14(3)20(17)8-9-22-4/h5-7,10H,8-9,11H2,1-4H3,(H,19,21). The van der Waals surface area contributed by atoms with Gasteiger partial charge in [-0.15, -0.1) is 0 Å². The minimum atomic E-state index is -0.0304. The van der Waals surface area contributed by atoms with Crippen LogP contribution in [0.4, 0.5) is 5.69 Å². The van der Waals surface area contributed by atoms with Crippen molar-refractivity contribution < 1.29 is 9.53 Å². The summed E-state index contributed by atoms with van der Waals surface area (Å²) in [5.74, 6) is 0.300. The van der Waals surface area contributed by atoms with Crippen molar-refractivity contribution in [3.63, 3.8) is 0 Å². The van der Waals surface area contributed by atoms with E-state index in [2.05, 4.69) is 14.9 Å². The first-order chi connectivity index (χ1) is 11.0. The molecule has 0 saturated carbocycles. The van der Waals surface area contributed by atoms with E-state index in [1.54, 1.807) is 7.11 Å². The third-order valence-electron chi connectivity index (χ3n) is 3.58. The SMILES string of the molecule is COCCn1c(SCC(=O)Nc2cccc(C)c2)nc(C)c1C. The Hall–Kier alpha value is -1.79. The molecular weight excluding hydrogens is 310 g/mol. The minimum Gasteiger partial charge on any atom is -0.383 e. The van der Waals surface area contributed by atoms with Crippen molar-refractivity contribution in [2.45, 2.75) is 32.5 Å². The average molecular weight is 333 g/mol. The molecule has 1 heterocycles. The maximum Gasteiger partial charge on any atom is 0.234 e. The van der Waals surface area contributed by atoms with Crippen LogP contribution in [0.2, 0.25) is 0 Å². The fourth-order valence-electron chi connectivity index (χ4n) is 2.23. The molecule has 5 nitrogen and oxygen atoms in total. The first-order valence-electron chi connectivity index (χ1n) is 7.53. The average Bonchev–Trinajstić information content (AvgIpc) is 2.78. The van der Waals surface area contributed by atoms with Gasteiger partial charge in [0.25, 0.3) is 0 Å². The molecule has 0 aliphatic heterocycles. The lowest BCUT2D eigenvalue weighted by molar-refractivity contribution is -0.113. The number of thioether (sulfide) groups is 1. The van der Waals surface area contributed by atoms with E-state index in [0.29, 0.717) is 12.4 Å². The molecule has 1 aromatic carbocycles. The van der Waals surface area contributed by atoms with Crippen LogP contribution in [-0.2, 0) is 16.1 Å². The molecule has 0 bridgehead atoms. The number of hydrogen-bond acceptors (Lipinski definition) is 4. The van der Waals surface area contributed by atoms with E-state index in [9.17, 15) is 4.79 Å². The highest BCUT2D eigenvalue weighted by atomic mass is 32.2. The Bertz CT molecular complexity index is 682. The van der Waals surface area contributed by atoms with Crippen LogP contribution < -0.4 is 5.32 Å². The quantitative estimate of drug-likeness (QED) is 0.791. The second-order valence-electron chi connectivity index (χ2n) is 5.42. The molecule has 1 aromatic heterocycles. The Kier molecular flexibility index (Phi) is 6.24. The monoisotopic (exact) mass is 333 g/mol. The lowest BCUT2D eigenvalue weighted by Crippen LogP contribution is -2.15. The van der Waals surface area contributed by atoms with Gasteiger partial charge in [-0.2, -0.15) is 0 Å². The molecule has 0 saturated heterocycles. The van der Waals surface area contributed by atoms with Crippen LogP contribution in [-0.4, -0.2) is 34.9 Å². The Labute approximate surface area is 141 Å². The lowest BCUT2D eigenvalue weighted by Gasteiger charge is -2.09. The van der Waals surface area contributed by atoms with Crippen LogP contribution in [0.3, 0.4) is 0 Å². The number of benzene rings is 1. The number of nitrogens with one attached hydrogen (secondary N) is 1. The number of aromatic nitrogens is 2. The molecule has 6 heteroatoms. The topological polar surface area (TPSA) is 56.1 Å². The van der Waals surface area contributed by atoms with Gasteiger partial charge in [0.15, 0.2) is 5.16 Å². The van der Waals surface area contributed by atoms with Crippen molar-refractivity contribution in [2.75, 3.05) is 24.8 Å². The second-order valence-corrected chi connectivity index (χ2v) is 6.36. The summed E-state index contributed by atoms with van der Waals surface area (Å²) in [5.41, 5.74) is 4.05. The molecule has 0 spiro atoms. The van der Waals surface area contributed by atoms with Crippen molar-refractivity contribution in [1.82, 2.24) is 9.55 Å². The van der Waals surface area contributed by atoms with Gasteiger partial charge in [-0.3, -0.25) is 4.79 Å². The molecule has 23 heavy (non-hydrogen) atoms. The number of ether oxygens (including phenoxy) is 1. The summed E-state index contributed by atoms with van der Waals surface area (Å²) in [7, 11) is 1.68. The predicted molar refractivity (Wildman–Crippen MR) is 94.1 cm³/mol. The normalized spacial score (nSPS) is 10.8. The van der Waals surface area contributed by atoms with E-state index in [1.807, 2.05) is 45.0 Å². The lowest BCUT2D eigenvalue weighted by atomic mass is 10.2. The molecule has 0 atom stereocenters. The number of carbonyl (C=O) groups excluding carboxylic acids is 1. The third kappa shape index (κ3) is 4.84. The molecule has 0 fully saturated rings. The van der Waals surface area contributed by atoms with Crippen LogP contribution in [0.15, 0.2) is 29.4 Å². The molecule has 2 rings (SSSR count). The largest absolute Gasteiger partial charge is 0.383 e. The first-order valence-corrected chi connectivity index (χ1v) is 8.52. The molecule has 1 amide bonds. The zero-order valence-corrected chi connectivity index (χ0v) is 14.9. The van der Waals surface area contributed by atoms with Gasteiger partial charge in [0.2, 0.25) is 5.91 Å². The molecule has 0 aliphatic rings. The van der Waals surface area contributed by atoms with Gasteiger partial charge < -0.3 is 14.6 Å². The second kappa shape index (κ2) is 8.17. The number of carbonyl (C=O) groups is 1. The van der Waals surface area contributed by atoms with Gasteiger partial charge in [0.1, 0.15) is 0 Å². The summed E-state index contributed by atoms with van der Waals surface area (Å²) in [6, 6.07) is 7.78. The number of imidazole rings is 1. The molecule has 0 unspecified atom stereocenters. The molecule has 0 radical (unpaired) electrons. The number of methoxy groups -OCH3 is 1. The van der Waals surface area contributed by atoms with Crippen LogP contribution in [0.25, 0.3) is 0 Å². The number of anilines is 1. The fraction of sp³-hybridized carbons (Fsp3) is 0.412. The van der Waals surface area contributed by atoms with E-state index in [-0.39, 0.29) is 5.91 Å². The third-order valence-corrected chi connectivity index (χ3v) is 4.55. The summed E-state index contributed by atoms with van der Waals surface area (Å²) in [5, 5.41) is 3.77. The Morgan fingerprint density at radius 3 is 2.83 bits per heavy atom. The molecular formula is C17H23N3O2S. The smallest absolute Gasteiger partial charge is 0.234 e. The van der Waals surface area contributed by atoms with Crippen LogP contribution in [0.1, 0.15) is 17.0 Å². The van der Waals surface area contributed by atoms with Gasteiger partial charge in [0, 0.05) is 25.0 Å². The first kappa shape index (κ1) is 17.6. The van der Waals surface area contributed by atoms with Gasteiger partial charge >= 0.3 is 0 Å². The fourth-order valence-corrected chi connectivity index (χ4v) is 3.15. The number of amides is 1. The van der Waals surface area contributed by atoms with E-state index >= 15 is 0 Å². The maximum atomic E-state index is 12.1. The Morgan fingerprint density at radius 2 is 2.13 bits per heavy atom. The van der Waals surface area contributed by atoms with E-state index in [4.69, 9.17) is 4.74 Å². The highest BCUT2D eigenvalue weighted by molar-refractivity contribution is 7.99. The summed E-state index contributed by atoms with van der Waals surface area (Å²) in [6.07, 6.45) is 0. The van der Waals surface area contributed by atoms with Crippen molar-refractivity contribution in [3.8, 4) is 0 Å². The van der Waals surface area contributed by atoms with E-state index in [1.165, 1.54) is 11.8 Å². The number of aryl methyl sites for hydroxylation is 2. The van der Waals surface area contributed by atoms with Crippen LogP contribution in [0, 0.1) is 20.8 Å². The maximum absolute atomic E-state index is 12.1. The van der Waals surface area contributed by atoms with E-state index in [0.717, 1.165) is 34.3 Å². The highest BCUT2D eigenvalue weighted by Crippen LogP contribution is 2.21. The molecule has 0 aliphatic carbocycles.